The van der Waals surface area contributed by atoms with Crippen LogP contribution in [0.1, 0.15) is 40.5 Å². The van der Waals surface area contributed by atoms with Gasteiger partial charge in [0, 0.05) is 24.4 Å². The molecule has 0 bridgehead atoms. The Balaban J connectivity index is 1.38. The number of hydrogen-bond donors (Lipinski definition) is 0. The quantitative estimate of drug-likeness (QED) is 0.235. The van der Waals surface area contributed by atoms with Crippen molar-refractivity contribution < 1.29 is 14.5 Å². The summed E-state index contributed by atoms with van der Waals surface area (Å²) >= 11 is 6.29. The number of nitro groups is 1. The Labute approximate surface area is 223 Å². The molecular formula is C29H23ClN4O4. The summed E-state index contributed by atoms with van der Waals surface area (Å²) in [5.41, 5.74) is 3.50. The fraction of sp³-hybridized carbons (Fsp3) is 0.172. The van der Waals surface area contributed by atoms with E-state index in [1.165, 1.54) is 18.2 Å². The number of nitro benzene ring substituents is 1. The minimum atomic E-state index is -0.560. The molecule has 1 aliphatic heterocycles. The van der Waals surface area contributed by atoms with Gasteiger partial charge in [0.1, 0.15) is 12.6 Å². The van der Waals surface area contributed by atoms with E-state index < -0.39 is 10.8 Å². The van der Waals surface area contributed by atoms with Crippen LogP contribution in [-0.2, 0) is 4.79 Å². The molecule has 4 aromatic rings. The van der Waals surface area contributed by atoms with Gasteiger partial charge in [-0.25, -0.2) is 0 Å². The lowest BCUT2D eigenvalue weighted by Crippen LogP contribution is -2.47. The van der Waals surface area contributed by atoms with Crippen LogP contribution in [0.25, 0.3) is 5.69 Å². The van der Waals surface area contributed by atoms with Gasteiger partial charge >= 0.3 is 0 Å². The molecule has 1 fully saturated rings. The number of non-ortho nitro benzene ring substituents is 1. The monoisotopic (exact) mass is 526 g/mol. The van der Waals surface area contributed by atoms with E-state index in [1.807, 2.05) is 72.9 Å². The molecule has 1 aliphatic carbocycles. The van der Waals surface area contributed by atoms with Crippen LogP contribution in [0.2, 0.25) is 5.02 Å². The van der Waals surface area contributed by atoms with Crippen LogP contribution < -0.4 is 4.90 Å². The summed E-state index contributed by atoms with van der Waals surface area (Å²) in [7, 11) is 0. The van der Waals surface area contributed by atoms with E-state index in [-0.39, 0.29) is 40.8 Å². The molecule has 2 aliphatic rings. The number of amides is 2. The molecule has 9 heteroatoms. The molecule has 8 nitrogen and oxygen atoms in total. The van der Waals surface area contributed by atoms with Crippen molar-refractivity contribution in [1.29, 1.82) is 0 Å². The molecule has 1 aromatic heterocycles. The second kappa shape index (κ2) is 9.46. The fourth-order valence-electron chi connectivity index (χ4n) is 5.13. The van der Waals surface area contributed by atoms with E-state index in [1.54, 1.807) is 9.80 Å². The highest BCUT2D eigenvalue weighted by Crippen LogP contribution is 2.42. The van der Waals surface area contributed by atoms with E-state index in [9.17, 15) is 19.7 Å². The minimum Gasteiger partial charge on any atom is -0.326 e. The third-order valence-corrected chi connectivity index (χ3v) is 7.36. The Morgan fingerprint density at radius 2 is 1.66 bits per heavy atom. The van der Waals surface area contributed by atoms with Gasteiger partial charge in [-0.3, -0.25) is 24.6 Å². The number of fused-ring (bicyclic) bond motifs is 3. The van der Waals surface area contributed by atoms with Crippen molar-refractivity contribution in [1.82, 2.24) is 9.47 Å². The molecule has 3 aromatic carbocycles. The topological polar surface area (TPSA) is 88.7 Å². The zero-order chi connectivity index (χ0) is 26.4. The summed E-state index contributed by atoms with van der Waals surface area (Å²) in [6.07, 6.45) is 3.55. The number of hydrogen-bond acceptors (Lipinski definition) is 4. The van der Waals surface area contributed by atoms with Crippen LogP contribution >= 0.6 is 11.6 Å². The summed E-state index contributed by atoms with van der Waals surface area (Å²) in [6, 6.07) is 24.8. The van der Waals surface area contributed by atoms with Crippen molar-refractivity contribution in [3.63, 3.8) is 0 Å². The average Bonchev–Trinajstić information content (AvgIpc) is 3.66. The van der Waals surface area contributed by atoms with Crippen molar-refractivity contribution in [3.8, 4) is 5.69 Å². The first-order valence-electron chi connectivity index (χ1n) is 12.3. The SMILES string of the molecule is O=C(c1ccc([N+](=O)[O-])cc1Cl)N(CC(=O)N1c2ccccc2-n2cccc2C1c1ccccc1)C1CC1. The summed E-state index contributed by atoms with van der Waals surface area (Å²) < 4.78 is 2.09. The van der Waals surface area contributed by atoms with Crippen molar-refractivity contribution in [2.45, 2.75) is 24.9 Å². The number of carbonyl (C=O) groups is 2. The van der Waals surface area contributed by atoms with E-state index >= 15 is 0 Å². The van der Waals surface area contributed by atoms with Crippen molar-refractivity contribution >= 4 is 34.8 Å². The molecule has 38 heavy (non-hydrogen) atoms. The normalized spacial score (nSPS) is 15.9. The van der Waals surface area contributed by atoms with Gasteiger partial charge < -0.3 is 9.47 Å². The molecule has 2 heterocycles. The molecule has 190 valence electrons. The molecule has 0 N–H and O–H groups in total. The first-order valence-corrected chi connectivity index (χ1v) is 12.7. The summed E-state index contributed by atoms with van der Waals surface area (Å²) in [5, 5.41) is 11.1. The molecule has 0 spiro atoms. The number of para-hydroxylation sites is 2. The summed E-state index contributed by atoms with van der Waals surface area (Å²) in [4.78, 5) is 41.7. The molecule has 0 saturated heterocycles. The first kappa shape index (κ1) is 23.9. The Morgan fingerprint density at radius 1 is 0.947 bits per heavy atom. The largest absolute Gasteiger partial charge is 0.326 e. The van der Waals surface area contributed by atoms with Crippen molar-refractivity contribution in [2.24, 2.45) is 0 Å². The van der Waals surface area contributed by atoms with E-state index in [0.29, 0.717) is 0 Å². The van der Waals surface area contributed by atoms with Crippen LogP contribution in [0, 0.1) is 10.1 Å². The maximum atomic E-state index is 14.2. The number of benzene rings is 3. The van der Waals surface area contributed by atoms with Crippen LogP contribution in [0.3, 0.4) is 0 Å². The van der Waals surface area contributed by atoms with Gasteiger partial charge in [0.2, 0.25) is 5.91 Å². The molecule has 1 saturated carbocycles. The number of carbonyl (C=O) groups excluding carboxylic acids is 2. The number of halogens is 1. The summed E-state index contributed by atoms with van der Waals surface area (Å²) in [6.45, 7) is -0.144. The number of rotatable bonds is 6. The van der Waals surface area contributed by atoms with Gasteiger partial charge in [-0.2, -0.15) is 0 Å². The third kappa shape index (κ3) is 4.13. The first-order chi connectivity index (χ1) is 18.4. The summed E-state index contributed by atoms with van der Waals surface area (Å²) in [5.74, 6) is -0.636. The van der Waals surface area contributed by atoms with Gasteiger partial charge in [-0.1, -0.05) is 54.1 Å². The Morgan fingerprint density at radius 3 is 2.34 bits per heavy atom. The highest BCUT2D eigenvalue weighted by Gasteiger charge is 2.40. The third-order valence-electron chi connectivity index (χ3n) is 7.05. The van der Waals surface area contributed by atoms with Crippen LogP contribution in [0.5, 0.6) is 0 Å². The van der Waals surface area contributed by atoms with Crippen LogP contribution in [-0.4, -0.2) is 38.8 Å². The van der Waals surface area contributed by atoms with E-state index in [0.717, 1.165) is 35.5 Å². The lowest BCUT2D eigenvalue weighted by molar-refractivity contribution is -0.384. The standard InChI is InChI=1S/C29H23ClN4O4/c30-23-17-21(34(37)38)14-15-22(23)29(36)32(20-12-13-20)18-27(35)33-25-10-5-4-9-24(25)31-16-6-11-26(31)28(33)19-7-2-1-3-8-19/h1-11,14-17,20,28H,12-13,18H2. The van der Waals surface area contributed by atoms with Gasteiger partial charge in [0.15, 0.2) is 0 Å². The molecule has 6 rings (SSSR count). The number of anilines is 1. The highest BCUT2D eigenvalue weighted by molar-refractivity contribution is 6.34. The molecular weight excluding hydrogens is 504 g/mol. The molecule has 2 amide bonds. The maximum absolute atomic E-state index is 14.2. The molecule has 1 atom stereocenters. The zero-order valence-electron chi connectivity index (χ0n) is 20.2. The predicted octanol–water partition coefficient (Wildman–Crippen LogP) is 5.78. The van der Waals surface area contributed by atoms with E-state index in [4.69, 9.17) is 11.6 Å². The molecule has 1 unspecified atom stereocenters. The Hall–Kier alpha value is -4.43. The van der Waals surface area contributed by atoms with Crippen molar-refractivity contribution in [2.75, 3.05) is 11.4 Å². The zero-order valence-corrected chi connectivity index (χ0v) is 21.0. The lowest BCUT2D eigenvalue weighted by atomic mass is 9.97. The molecule has 0 radical (unpaired) electrons. The smallest absolute Gasteiger partial charge is 0.270 e. The second-order valence-corrected chi connectivity index (χ2v) is 9.86. The Kier molecular flexibility index (Phi) is 5.96. The average molecular weight is 527 g/mol. The Bertz CT molecular complexity index is 1560. The fourth-order valence-corrected chi connectivity index (χ4v) is 5.39. The van der Waals surface area contributed by atoms with Gasteiger partial charge in [0.25, 0.3) is 11.6 Å². The van der Waals surface area contributed by atoms with Crippen LogP contribution in [0.15, 0.2) is 91.1 Å². The van der Waals surface area contributed by atoms with Gasteiger partial charge in [-0.05, 0) is 48.7 Å². The van der Waals surface area contributed by atoms with Gasteiger partial charge in [-0.15, -0.1) is 0 Å². The number of aromatic nitrogens is 1. The van der Waals surface area contributed by atoms with E-state index in [2.05, 4.69) is 4.57 Å². The minimum absolute atomic E-state index is 0.00870. The predicted molar refractivity (Wildman–Crippen MR) is 144 cm³/mol. The van der Waals surface area contributed by atoms with Crippen LogP contribution in [0.4, 0.5) is 11.4 Å². The van der Waals surface area contributed by atoms with Crippen molar-refractivity contribution in [3.05, 3.63) is 123 Å². The highest BCUT2D eigenvalue weighted by atomic mass is 35.5. The maximum Gasteiger partial charge on any atom is 0.270 e. The van der Waals surface area contributed by atoms with Gasteiger partial charge in [0.05, 0.1) is 32.6 Å². The second-order valence-electron chi connectivity index (χ2n) is 9.45. The lowest BCUT2D eigenvalue weighted by Gasteiger charge is -2.39. The number of nitrogens with zero attached hydrogens (tertiary/aromatic N) is 4.